The molecule has 1 aromatic carbocycles. The van der Waals surface area contributed by atoms with Crippen LogP contribution < -0.4 is 5.32 Å². The number of ether oxygens (including phenoxy) is 1. The number of fused-ring (bicyclic) bond motifs is 1. The molecule has 0 unspecified atom stereocenters. The van der Waals surface area contributed by atoms with Crippen LogP contribution in [0.1, 0.15) is 37.4 Å². The summed E-state index contributed by atoms with van der Waals surface area (Å²) >= 11 is 0. The van der Waals surface area contributed by atoms with Gasteiger partial charge in [0.2, 0.25) is 0 Å². The molecule has 27 heavy (non-hydrogen) atoms. The molecule has 4 rings (SSSR count). The van der Waals surface area contributed by atoms with Crippen molar-refractivity contribution >= 4 is 16.9 Å². The van der Waals surface area contributed by atoms with Crippen molar-refractivity contribution in [2.24, 2.45) is 0 Å². The molecule has 1 saturated carbocycles. The van der Waals surface area contributed by atoms with Crippen molar-refractivity contribution in [3.63, 3.8) is 0 Å². The average Bonchev–Trinajstić information content (AvgIpc) is 3.17. The molecule has 1 aliphatic rings. The van der Waals surface area contributed by atoms with Crippen molar-refractivity contribution in [1.29, 1.82) is 0 Å². The van der Waals surface area contributed by atoms with Gasteiger partial charge in [0.25, 0.3) is 0 Å². The van der Waals surface area contributed by atoms with Gasteiger partial charge < -0.3 is 10.1 Å². The fourth-order valence-corrected chi connectivity index (χ4v) is 3.49. The fraction of sp³-hybridized carbons (Fsp3) is 0.421. The maximum Gasteiger partial charge on any atom is 0.160 e. The first-order chi connectivity index (χ1) is 13.2. The highest BCUT2D eigenvalue weighted by atomic mass is 19.1. The van der Waals surface area contributed by atoms with Crippen LogP contribution in [-0.4, -0.2) is 38.9 Å². The number of aromatic amines is 1. The number of aromatic nitrogens is 4. The monoisotopic (exact) mass is 373 g/mol. The molecule has 1 aliphatic carbocycles. The Morgan fingerprint density at radius 1 is 1.19 bits per heavy atom. The van der Waals surface area contributed by atoms with E-state index in [1.165, 1.54) is 18.5 Å². The zero-order chi connectivity index (χ0) is 18.6. The van der Waals surface area contributed by atoms with Crippen molar-refractivity contribution in [2.75, 3.05) is 11.9 Å². The lowest BCUT2D eigenvalue weighted by Gasteiger charge is -2.30. The van der Waals surface area contributed by atoms with Crippen molar-refractivity contribution in [1.82, 2.24) is 20.2 Å². The summed E-state index contributed by atoms with van der Waals surface area (Å²) < 4.78 is 33.6. The predicted octanol–water partition coefficient (Wildman–Crippen LogP) is 3.94. The van der Waals surface area contributed by atoms with Gasteiger partial charge in [0.05, 0.1) is 24.3 Å². The van der Waals surface area contributed by atoms with Crippen molar-refractivity contribution in [2.45, 2.75) is 44.0 Å². The standard InChI is InChI=1S/C19H21F2N5O/c20-16-4-2-1-3-14(16)17(21)10-27-13-7-5-12(6-8-13)25-18-15-9-24-26-19(15)23-11-22-18/h1-4,9,11-13,17H,5-8,10H2,(H2,22,23,24,25,26)/t12?,13?,17-/m0/s1. The number of hydrogen-bond donors (Lipinski definition) is 2. The molecule has 142 valence electrons. The molecular weight excluding hydrogens is 352 g/mol. The summed E-state index contributed by atoms with van der Waals surface area (Å²) in [7, 11) is 0. The third-order valence-electron chi connectivity index (χ3n) is 4.98. The van der Waals surface area contributed by atoms with E-state index in [1.807, 2.05) is 0 Å². The van der Waals surface area contributed by atoms with Gasteiger partial charge in [-0.05, 0) is 31.7 Å². The van der Waals surface area contributed by atoms with Gasteiger partial charge in [-0.3, -0.25) is 5.10 Å². The minimum Gasteiger partial charge on any atom is -0.375 e. The number of nitrogens with zero attached hydrogens (tertiary/aromatic N) is 3. The zero-order valence-electron chi connectivity index (χ0n) is 14.7. The highest BCUT2D eigenvalue weighted by molar-refractivity contribution is 5.85. The molecule has 0 saturated heterocycles. The predicted molar refractivity (Wildman–Crippen MR) is 97.6 cm³/mol. The van der Waals surface area contributed by atoms with E-state index in [0.717, 1.165) is 36.9 Å². The molecule has 2 aromatic heterocycles. The molecule has 2 heterocycles. The van der Waals surface area contributed by atoms with Crippen LogP contribution in [-0.2, 0) is 4.74 Å². The van der Waals surface area contributed by atoms with E-state index in [1.54, 1.807) is 18.3 Å². The van der Waals surface area contributed by atoms with E-state index < -0.39 is 12.0 Å². The third-order valence-corrected chi connectivity index (χ3v) is 4.98. The van der Waals surface area contributed by atoms with Gasteiger partial charge in [0.1, 0.15) is 18.0 Å². The number of halogens is 2. The largest absolute Gasteiger partial charge is 0.375 e. The van der Waals surface area contributed by atoms with Gasteiger partial charge in [0.15, 0.2) is 11.8 Å². The number of hydrogen-bond acceptors (Lipinski definition) is 5. The number of benzene rings is 1. The van der Waals surface area contributed by atoms with E-state index >= 15 is 0 Å². The lowest BCUT2D eigenvalue weighted by molar-refractivity contribution is -0.00313. The molecule has 0 radical (unpaired) electrons. The van der Waals surface area contributed by atoms with Crippen molar-refractivity contribution in [3.05, 3.63) is 48.2 Å². The SMILES string of the molecule is Fc1ccccc1[C@@H](F)COC1CCC(Nc2ncnc3[nH]ncc23)CC1. The van der Waals surface area contributed by atoms with E-state index in [2.05, 4.69) is 25.5 Å². The van der Waals surface area contributed by atoms with Gasteiger partial charge >= 0.3 is 0 Å². The van der Waals surface area contributed by atoms with Gasteiger partial charge in [-0.1, -0.05) is 18.2 Å². The first-order valence-electron chi connectivity index (χ1n) is 9.11. The summed E-state index contributed by atoms with van der Waals surface area (Å²) in [6.07, 6.45) is 5.18. The Labute approximate surface area is 155 Å². The topological polar surface area (TPSA) is 75.7 Å². The Morgan fingerprint density at radius 3 is 2.81 bits per heavy atom. The summed E-state index contributed by atoms with van der Waals surface area (Å²) in [6.45, 7) is -0.120. The third kappa shape index (κ3) is 4.05. The number of anilines is 1. The maximum atomic E-state index is 14.2. The van der Waals surface area contributed by atoms with Crippen LogP contribution in [0.2, 0.25) is 0 Å². The van der Waals surface area contributed by atoms with E-state index in [4.69, 9.17) is 4.74 Å². The molecule has 0 spiro atoms. The lowest BCUT2D eigenvalue weighted by Crippen LogP contribution is -2.30. The molecule has 8 heteroatoms. The normalized spacial score (nSPS) is 21.3. The van der Waals surface area contributed by atoms with Crippen molar-refractivity contribution in [3.8, 4) is 0 Å². The Morgan fingerprint density at radius 2 is 2.00 bits per heavy atom. The second kappa shape index (κ2) is 7.96. The summed E-state index contributed by atoms with van der Waals surface area (Å²) in [5.74, 6) is 0.235. The van der Waals surface area contributed by atoms with Gasteiger partial charge in [0, 0.05) is 11.6 Å². The second-order valence-corrected chi connectivity index (χ2v) is 6.79. The number of rotatable bonds is 6. The van der Waals surface area contributed by atoms with Crippen LogP contribution in [0.5, 0.6) is 0 Å². The highest BCUT2D eigenvalue weighted by Gasteiger charge is 2.24. The molecule has 2 N–H and O–H groups in total. The zero-order valence-corrected chi connectivity index (χ0v) is 14.7. The molecule has 0 amide bonds. The average molecular weight is 373 g/mol. The van der Waals surface area contributed by atoms with Gasteiger partial charge in [-0.2, -0.15) is 5.10 Å². The van der Waals surface area contributed by atoms with Gasteiger partial charge in [-0.15, -0.1) is 0 Å². The minimum atomic E-state index is -1.45. The molecule has 1 atom stereocenters. The first kappa shape index (κ1) is 17.8. The maximum absolute atomic E-state index is 14.2. The molecule has 0 aliphatic heterocycles. The van der Waals surface area contributed by atoms with Crippen LogP contribution in [0.3, 0.4) is 0 Å². The van der Waals surface area contributed by atoms with Crippen molar-refractivity contribution < 1.29 is 13.5 Å². The van der Waals surface area contributed by atoms with Gasteiger partial charge in [-0.25, -0.2) is 18.7 Å². The number of H-pyrrole nitrogens is 1. The smallest absolute Gasteiger partial charge is 0.160 e. The quantitative estimate of drug-likeness (QED) is 0.684. The summed E-state index contributed by atoms with van der Waals surface area (Å²) in [5.41, 5.74) is 0.757. The Balaban J connectivity index is 1.27. The minimum absolute atomic E-state index is 0.00702. The Kier molecular flexibility index (Phi) is 5.24. The van der Waals surface area contributed by atoms with Crippen LogP contribution in [0.15, 0.2) is 36.8 Å². The molecule has 1 fully saturated rings. The first-order valence-corrected chi connectivity index (χ1v) is 9.11. The molecular formula is C19H21F2N5O. The Hall–Kier alpha value is -2.61. The highest BCUT2D eigenvalue weighted by Crippen LogP contribution is 2.28. The number of nitrogens with one attached hydrogen (secondary N) is 2. The number of alkyl halides is 1. The second-order valence-electron chi connectivity index (χ2n) is 6.79. The molecule has 0 bridgehead atoms. The molecule has 6 nitrogen and oxygen atoms in total. The van der Waals surface area contributed by atoms with Crippen LogP contribution in [0, 0.1) is 5.82 Å². The summed E-state index contributed by atoms with van der Waals surface area (Å²) in [6, 6.07) is 6.18. The van der Waals surface area contributed by atoms with Crippen LogP contribution >= 0.6 is 0 Å². The van der Waals surface area contributed by atoms with Crippen LogP contribution in [0.25, 0.3) is 11.0 Å². The van der Waals surface area contributed by atoms with Crippen LogP contribution in [0.4, 0.5) is 14.6 Å². The van der Waals surface area contributed by atoms with E-state index in [0.29, 0.717) is 5.65 Å². The van der Waals surface area contributed by atoms with E-state index in [9.17, 15) is 8.78 Å². The summed E-state index contributed by atoms with van der Waals surface area (Å²) in [5, 5.41) is 11.1. The van der Waals surface area contributed by atoms with E-state index in [-0.39, 0.29) is 24.3 Å². The summed E-state index contributed by atoms with van der Waals surface area (Å²) in [4.78, 5) is 8.42. The fourth-order valence-electron chi connectivity index (χ4n) is 3.49. The molecule has 3 aromatic rings. The Bertz CT molecular complexity index is 894. The lowest BCUT2D eigenvalue weighted by atomic mass is 9.93.